The van der Waals surface area contributed by atoms with E-state index in [1.807, 2.05) is 30.3 Å². The summed E-state index contributed by atoms with van der Waals surface area (Å²) in [4.78, 5) is 7.20. The number of nitrogens with one attached hydrogen (secondary N) is 1. The fourth-order valence-corrected chi connectivity index (χ4v) is 7.31. The molecular formula is C40H31N3O. The van der Waals surface area contributed by atoms with Gasteiger partial charge in [-0.05, 0) is 82.4 Å². The van der Waals surface area contributed by atoms with Crippen molar-refractivity contribution in [1.82, 2.24) is 4.98 Å². The second-order valence-electron chi connectivity index (χ2n) is 12.5. The third-order valence-corrected chi connectivity index (χ3v) is 9.57. The van der Waals surface area contributed by atoms with E-state index in [1.54, 1.807) is 0 Å². The van der Waals surface area contributed by atoms with Crippen molar-refractivity contribution in [3.8, 4) is 11.5 Å². The standard InChI is InChI=1S/C40H31N3O/c1-40(2)31-15-9-10-16-36(31)43(28-13-7-4-8-14-28)37-20-18-27(22-32(37)40)26-17-19-33-29(21-26)30-23-38-35(24-34(30)41-33)42-39(44-38)25-11-5-3-6-12-25/h3-24,29,33,41H,1-2H3. The van der Waals surface area contributed by atoms with Gasteiger partial charge in [0.2, 0.25) is 5.89 Å². The number of benzene rings is 5. The van der Waals surface area contributed by atoms with Gasteiger partial charge in [0.05, 0.1) is 17.4 Å². The van der Waals surface area contributed by atoms with E-state index in [-0.39, 0.29) is 17.4 Å². The molecule has 44 heavy (non-hydrogen) atoms. The maximum absolute atomic E-state index is 6.25. The number of para-hydroxylation sites is 2. The van der Waals surface area contributed by atoms with Crippen molar-refractivity contribution in [2.45, 2.75) is 31.2 Å². The van der Waals surface area contributed by atoms with Crippen LogP contribution in [0.25, 0.3) is 28.1 Å². The summed E-state index contributed by atoms with van der Waals surface area (Å²) in [7, 11) is 0. The molecule has 0 saturated heterocycles. The van der Waals surface area contributed by atoms with E-state index in [0.29, 0.717) is 5.89 Å². The molecule has 4 heteroatoms. The second kappa shape index (κ2) is 9.32. The summed E-state index contributed by atoms with van der Waals surface area (Å²) in [5.41, 5.74) is 13.7. The number of hydrogen-bond donors (Lipinski definition) is 1. The minimum Gasteiger partial charge on any atom is -0.436 e. The zero-order chi connectivity index (χ0) is 29.4. The van der Waals surface area contributed by atoms with Crippen LogP contribution in [-0.2, 0) is 5.41 Å². The summed E-state index contributed by atoms with van der Waals surface area (Å²) in [6.07, 6.45) is 7.00. The van der Waals surface area contributed by atoms with Gasteiger partial charge in [0.15, 0.2) is 5.58 Å². The molecule has 0 amide bonds. The van der Waals surface area contributed by atoms with Crippen LogP contribution in [-0.4, -0.2) is 11.0 Å². The molecule has 1 aliphatic carbocycles. The van der Waals surface area contributed by atoms with Gasteiger partial charge in [0.1, 0.15) is 5.52 Å². The molecule has 0 saturated carbocycles. The van der Waals surface area contributed by atoms with E-state index in [9.17, 15) is 0 Å². The molecule has 6 aromatic rings. The van der Waals surface area contributed by atoms with Crippen LogP contribution in [0.15, 0.2) is 138 Å². The first kappa shape index (κ1) is 25.2. The molecule has 3 aliphatic rings. The van der Waals surface area contributed by atoms with Crippen molar-refractivity contribution < 1.29 is 4.42 Å². The zero-order valence-corrected chi connectivity index (χ0v) is 24.7. The quantitative estimate of drug-likeness (QED) is 0.230. The van der Waals surface area contributed by atoms with E-state index in [4.69, 9.17) is 9.40 Å². The zero-order valence-electron chi connectivity index (χ0n) is 24.7. The van der Waals surface area contributed by atoms with Crippen LogP contribution in [0, 0.1) is 0 Å². The lowest BCUT2D eigenvalue weighted by Crippen LogP contribution is -2.30. The molecule has 0 spiro atoms. The Morgan fingerprint density at radius 3 is 2.34 bits per heavy atom. The normalized spacial score (nSPS) is 19.0. The average Bonchev–Trinajstić information content (AvgIpc) is 3.65. The van der Waals surface area contributed by atoms with Crippen molar-refractivity contribution in [2.24, 2.45) is 0 Å². The molecule has 9 rings (SSSR count). The van der Waals surface area contributed by atoms with E-state index < -0.39 is 0 Å². The molecule has 5 aromatic carbocycles. The average molecular weight is 570 g/mol. The smallest absolute Gasteiger partial charge is 0.227 e. The van der Waals surface area contributed by atoms with E-state index in [2.05, 4.69) is 127 Å². The van der Waals surface area contributed by atoms with Gasteiger partial charge in [0.25, 0.3) is 0 Å². The number of allylic oxidation sites excluding steroid dienone is 2. The van der Waals surface area contributed by atoms with Crippen LogP contribution in [0.4, 0.5) is 22.7 Å². The fraction of sp³-hybridized carbons (Fsp3) is 0.125. The Bertz CT molecular complexity index is 2140. The molecule has 2 atom stereocenters. The number of anilines is 4. The maximum atomic E-state index is 6.25. The van der Waals surface area contributed by atoms with Gasteiger partial charge in [-0.15, -0.1) is 0 Å². The maximum Gasteiger partial charge on any atom is 0.227 e. The number of hydrogen-bond acceptors (Lipinski definition) is 4. The molecule has 3 heterocycles. The van der Waals surface area contributed by atoms with Gasteiger partial charge >= 0.3 is 0 Å². The molecular weight excluding hydrogens is 538 g/mol. The summed E-state index contributed by atoms with van der Waals surface area (Å²) < 4.78 is 6.25. The molecule has 2 unspecified atom stereocenters. The van der Waals surface area contributed by atoms with Crippen LogP contribution >= 0.6 is 0 Å². The van der Waals surface area contributed by atoms with Crippen LogP contribution in [0.1, 0.15) is 42.0 Å². The first-order valence-corrected chi connectivity index (χ1v) is 15.3. The Labute approximate surface area is 257 Å². The van der Waals surface area contributed by atoms with Crippen LogP contribution in [0.3, 0.4) is 0 Å². The number of rotatable bonds is 3. The summed E-state index contributed by atoms with van der Waals surface area (Å²) in [5.74, 6) is 0.869. The molecule has 1 aromatic heterocycles. The highest BCUT2D eigenvalue weighted by Gasteiger charge is 2.38. The van der Waals surface area contributed by atoms with Crippen molar-refractivity contribution in [3.05, 3.63) is 156 Å². The Morgan fingerprint density at radius 1 is 0.750 bits per heavy atom. The molecule has 4 nitrogen and oxygen atoms in total. The number of fused-ring (bicyclic) bond motifs is 6. The number of oxazole rings is 1. The lowest BCUT2D eigenvalue weighted by atomic mass is 9.72. The highest BCUT2D eigenvalue weighted by molar-refractivity contribution is 5.89. The van der Waals surface area contributed by atoms with Crippen LogP contribution < -0.4 is 10.2 Å². The Kier molecular flexibility index (Phi) is 5.33. The molecule has 1 N–H and O–H groups in total. The highest BCUT2D eigenvalue weighted by Crippen LogP contribution is 2.52. The molecule has 0 radical (unpaired) electrons. The van der Waals surface area contributed by atoms with E-state index in [0.717, 1.165) is 22.4 Å². The summed E-state index contributed by atoms with van der Waals surface area (Å²) in [6.45, 7) is 4.70. The van der Waals surface area contributed by atoms with Crippen molar-refractivity contribution in [3.63, 3.8) is 0 Å². The van der Waals surface area contributed by atoms with Gasteiger partial charge < -0.3 is 14.6 Å². The van der Waals surface area contributed by atoms with Crippen molar-refractivity contribution in [1.29, 1.82) is 0 Å². The predicted molar refractivity (Wildman–Crippen MR) is 180 cm³/mol. The number of nitrogens with zero attached hydrogens (tertiary/aromatic N) is 2. The lowest BCUT2D eigenvalue weighted by molar-refractivity contribution is 0.619. The van der Waals surface area contributed by atoms with Gasteiger partial charge in [0, 0.05) is 28.3 Å². The minimum absolute atomic E-state index is 0.148. The van der Waals surface area contributed by atoms with Gasteiger partial charge in [-0.2, -0.15) is 0 Å². The largest absolute Gasteiger partial charge is 0.436 e. The third-order valence-electron chi connectivity index (χ3n) is 9.57. The minimum atomic E-state index is -0.148. The molecule has 0 fully saturated rings. The monoisotopic (exact) mass is 569 g/mol. The summed E-state index contributed by atoms with van der Waals surface area (Å²) in [6, 6.07) is 41.1. The number of aromatic nitrogens is 1. The SMILES string of the molecule is CC1(C)c2ccccc2N(c2ccccc2)c2ccc(C3=CC4c5cc6oc(-c7ccccc7)nc6cc5NC4C=C3)cc21. The van der Waals surface area contributed by atoms with Gasteiger partial charge in [-0.3, -0.25) is 0 Å². The molecule has 2 aliphatic heterocycles. The first-order chi connectivity index (χ1) is 21.5. The Balaban J connectivity index is 1.12. The second-order valence-corrected chi connectivity index (χ2v) is 12.5. The van der Waals surface area contributed by atoms with Crippen molar-refractivity contribution >= 4 is 39.4 Å². The van der Waals surface area contributed by atoms with Gasteiger partial charge in [-0.25, -0.2) is 4.98 Å². The Hall–Kier alpha value is -5.35. The van der Waals surface area contributed by atoms with Crippen LogP contribution in [0.5, 0.6) is 0 Å². The van der Waals surface area contributed by atoms with E-state index in [1.165, 1.54) is 44.9 Å². The topological polar surface area (TPSA) is 41.3 Å². The Morgan fingerprint density at radius 2 is 1.50 bits per heavy atom. The molecule has 212 valence electrons. The van der Waals surface area contributed by atoms with E-state index >= 15 is 0 Å². The highest BCUT2D eigenvalue weighted by atomic mass is 16.3. The summed E-state index contributed by atoms with van der Waals surface area (Å²) in [5, 5.41) is 3.73. The van der Waals surface area contributed by atoms with Crippen molar-refractivity contribution in [2.75, 3.05) is 10.2 Å². The third kappa shape index (κ3) is 3.74. The predicted octanol–water partition coefficient (Wildman–Crippen LogP) is 10.1. The lowest BCUT2D eigenvalue weighted by Gasteiger charge is -2.42. The fourth-order valence-electron chi connectivity index (χ4n) is 7.31. The van der Waals surface area contributed by atoms with Gasteiger partial charge in [-0.1, -0.05) is 92.7 Å². The first-order valence-electron chi connectivity index (χ1n) is 15.3. The molecule has 0 bridgehead atoms. The van der Waals surface area contributed by atoms with Crippen LogP contribution in [0.2, 0.25) is 0 Å². The summed E-state index contributed by atoms with van der Waals surface area (Å²) >= 11 is 0.